The second-order valence-corrected chi connectivity index (χ2v) is 6.32. The largest absolute Gasteiger partial charge is 0.468 e. The first-order valence-corrected chi connectivity index (χ1v) is 8.38. The van der Waals surface area contributed by atoms with Crippen LogP contribution in [0.2, 0.25) is 0 Å². The van der Waals surface area contributed by atoms with Gasteiger partial charge >= 0.3 is 0 Å². The van der Waals surface area contributed by atoms with Crippen LogP contribution in [0.3, 0.4) is 0 Å². The molecule has 130 valence electrons. The summed E-state index contributed by atoms with van der Waals surface area (Å²) < 4.78 is 9.40. The maximum absolute atomic E-state index is 12.2. The van der Waals surface area contributed by atoms with Crippen molar-refractivity contribution >= 4 is 5.91 Å². The van der Waals surface area contributed by atoms with E-state index in [1.165, 1.54) is 0 Å². The standard InChI is InChI=1S/C18H21N5O2/c1-21-6-2-5-16(21)18(24)19-10-14-11-23-8-7-22(13-17(23)20-14)12-15-4-3-9-25-15/h2-6,9,11H,7-8,10,12-13H2,1H3,(H,19,24). The number of furan rings is 1. The van der Waals surface area contributed by atoms with Gasteiger partial charge in [-0.15, -0.1) is 0 Å². The van der Waals surface area contributed by atoms with Crippen molar-refractivity contribution in [3.05, 3.63) is 65.9 Å². The van der Waals surface area contributed by atoms with E-state index in [1.807, 2.05) is 37.6 Å². The maximum Gasteiger partial charge on any atom is 0.268 e. The van der Waals surface area contributed by atoms with E-state index in [2.05, 4.69) is 19.8 Å². The number of hydrogen-bond donors (Lipinski definition) is 1. The SMILES string of the molecule is Cn1cccc1C(=O)NCc1cn2c(n1)CN(Cc1ccco1)CC2. The van der Waals surface area contributed by atoms with Crippen LogP contribution in [-0.4, -0.2) is 31.5 Å². The summed E-state index contributed by atoms with van der Waals surface area (Å²) in [5.41, 5.74) is 1.53. The van der Waals surface area contributed by atoms with Gasteiger partial charge in [-0.1, -0.05) is 0 Å². The maximum atomic E-state index is 12.2. The number of aryl methyl sites for hydroxylation is 1. The zero-order chi connectivity index (χ0) is 17.2. The zero-order valence-corrected chi connectivity index (χ0v) is 14.2. The number of nitrogens with one attached hydrogen (secondary N) is 1. The molecule has 0 spiro atoms. The van der Waals surface area contributed by atoms with Gasteiger partial charge in [-0.05, 0) is 24.3 Å². The molecule has 3 aromatic rings. The van der Waals surface area contributed by atoms with Crippen LogP contribution < -0.4 is 5.32 Å². The van der Waals surface area contributed by atoms with Crippen molar-refractivity contribution in [3.63, 3.8) is 0 Å². The third-order valence-electron chi connectivity index (χ3n) is 4.50. The lowest BCUT2D eigenvalue weighted by Gasteiger charge is -2.26. The van der Waals surface area contributed by atoms with E-state index >= 15 is 0 Å². The molecule has 0 saturated heterocycles. The van der Waals surface area contributed by atoms with Gasteiger partial charge in [0.05, 0.1) is 31.6 Å². The highest BCUT2D eigenvalue weighted by atomic mass is 16.3. The highest BCUT2D eigenvalue weighted by Crippen LogP contribution is 2.16. The Morgan fingerprint density at radius 3 is 3.00 bits per heavy atom. The number of carbonyl (C=O) groups is 1. The van der Waals surface area contributed by atoms with Gasteiger partial charge in [-0.2, -0.15) is 0 Å². The highest BCUT2D eigenvalue weighted by molar-refractivity contribution is 5.92. The third-order valence-corrected chi connectivity index (χ3v) is 4.50. The Labute approximate surface area is 145 Å². The van der Waals surface area contributed by atoms with Crippen molar-refractivity contribution in [3.8, 4) is 0 Å². The van der Waals surface area contributed by atoms with Gasteiger partial charge in [0.2, 0.25) is 0 Å². The van der Waals surface area contributed by atoms with Crippen LogP contribution in [0.15, 0.2) is 47.3 Å². The van der Waals surface area contributed by atoms with E-state index in [0.717, 1.165) is 43.5 Å². The Morgan fingerprint density at radius 2 is 2.24 bits per heavy atom. The van der Waals surface area contributed by atoms with Gasteiger partial charge in [0, 0.05) is 32.5 Å². The predicted octanol–water partition coefficient (Wildman–Crippen LogP) is 1.76. The van der Waals surface area contributed by atoms with Crippen LogP contribution >= 0.6 is 0 Å². The van der Waals surface area contributed by atoms with Crippen molar-refractivity contribution in [2.45, 2.75) is 26.2 Å². The Hall–Kier alpha value is -2.80. The van der Waals surface area contributed by atoms with Crippen LogP contribution in [0.25, 0.3) is 0 Å². The van der Waals surface area contributed by atoms with Crippen molar-refractivity contribution < 1.29 is 9.21 Å². The van der Waals surface area contributed by atoms with E-state index in [-0.39, 0.29) is 5.91 Å². The minimum atomic E-state index is -0.0853. The molecule has 1 amide bonds. The number of imidazole rings is 1. The minimum Gasteiger partial charge on any atom is -0.468 e. The molecule has 0 radical (unpaired) electrons. The molecule has 0 fully saturated rings. The number of rotatable bonds is 5. The highest BCUT2D eigenvalue weighted by Gasteiger charge is 2.19. The topological polar surface area (TPSA) is 68.2 Å². The van der Waals surface area contributed by atoms with Gasteiger partial charge in [-0.25, -0.2) is 4.98 Å². The van der Waals surface area contributed by atoms with Crippen molar-refractivity contribution in [2.75, 3.05) is 6.54 Å². The summed E-state index contributed by atoms with van der Waals surface area (Å²) >= 11 is 0. The second kappa shape index (κ2) is 6.60. The summed E-state index contributed by atoms with van der Waals surface area (Å²) in [6.07, 6.45) is 5.59. The van der Waals surface area contributed by atoms with Crippen LogP contribution in [0.4, 0.5) is 0 Å². The molecule has 0 atom stereocenters. The predicted molar refractivity (Wildman–Crippen MR) is 91.6 cm³/mol. The second-order valence-electron chi connectivity index (χ2n) is 6.32. The van der Waals surface area contributed by atoms with Gasteiger partial charge < -0.3 is 18.9 Å². The van der Waals surface area contributed by atoms with Gasteiger partial charge in [0.25, 0.3) is 5.91 Å². The number of fused-ring (bicyclic) bond motifs is 1. The van der Waals surface area contributed by atoms with Crippen LogP contribution in [-0.2, 0) is 33.2 Å². The molecule has 0 saturated carbocycles. The van der Waals surface area contributed by atoms with E-state index in [9.17, 15) is 4.79 Å². The lowest BCUT2D eigenvalue weighted by Crippen LogP contribution is -2.33. The molecule has 0 unspecified atom stereocenters. The fourth-order valence-electron chi connectivity index (χ4n) is 3.16. The Bertz CT molecular complexity index is 862. The fourth-order valence-corrected chi connectivity index (χ4v) is 3.16. The van der Waals surface area contributed by atoms with Crippen LogP contribution in [0.5, 0.6) is 0 Å². The average molecular weight is 339 g/mol. The molecule has 1 aliphatic rings. The van der Waals surface area contributed by atoms with Crippen LogP contribution in [0, 0.1) is 0 Å². The summed E-state index contributed by atoms with van der Waals surface area (Å²) in [4.78, 5) is 19.2. The smallest absolute Gasteiger partial charge is 0.268 e. The summed E-state index contributed by atoms with van der Waals surface area (Å²) in [5.74, 6) is 1.91. The fraction of sp³-hybridized carbons (Fsp3) is 0.333. The molecular formula is C18H21N5O2. The van der Waals surface area contributed by atoms with Gasteiger partial charge in [0.15, 0.2) is 0 Å². The van der Waals surface area contributed by atoms with Crippen molar-refractivity contribution in [2.24, 2.45) is 7.05 Å². The van der Waals surface area contributed by atoms with Gasteiger partial charge in [0.1, 0.15) is 17.3 Å². The number of hydrogen-bond acceptors (Lipinski definition) is 4. The first kappa shape index (κ1) is 15.7. The first-order chi connectivity index (χ1) is 12.2. The molecule has 7 nitrogen and oxygen atoms in total. The minimum absolute atomic E-state index is 0.0853. The molecule has 4 heterocycles. The molecule has 3 aromatic heterocycles. The van der Waals surface area contributed by atoms with E-state index in [0.29, 0.717) is 12.2 Å². The average Bonchev–Trinajstić information content (AvgIpc) is 3.33. The normalized spacial score (nSPS) is 14.4. The van der Waals surface area contributed by atoms with Crippen molar-refractivity contribution in [1.29, 1.82) is 0 Å². The zero-order valence-electron chi connectivity index (χ0n) is 14.2. The molecular weight excluding hydrogens is 318 g/mol. The van der Waals surface area contributed by atoms with E-state index in [4.69, 9.17) is 4.42 Å². The summed E-state index contributed by atoms with van der Waals surface area (Å²) in [5, 5.41) is 2.93. The monoisotopic (exact) mass is 339 g/mol. The first-order valence-electron chi connectivity index (χ1n) is 8.38. The Balaban J connectivity index is 1.37. The van der Waals surface area contributed by atoms with Crippen LogP contribution in [0.1, 0.15) is 27.8 Å². The number of amides is 1. The molecule has 1 aliphatic heterocycles. The third kappa shape index (κ3) is 3.36. The summed E-state index contributed by atoms with van der Waals surface area (Å²) in [7, 11) is 1.86. The quantitative estimate of drug-likeness (QED) is 0.769. The molecule has 25 heavy (non-hydrogen) atoms. The van der Waals surface area contributed by atoms with E-state index in [1.54, 1.807) is 16.9 Å². The Morgan fingerprint density at radius 1 is 1.32 bits per heavy atom. The number of aromatic nitrogens is 3. The molecule has 4 rings (SSSR count). The molecule has 0 aromatic carbocycles. The molecule has 7 heteroatoms. The number of carbonyl (C=O) groups excluding carboxylic acids is 1. The van der Waals surface area contributed by atoms with E-state index < -0.39 is 0 Å². The lowest BCUT2D eigenvalue weighted by atomic mass is 10.3. The number of nitrogens with zero attached hydrogens (tertiary/aromatic N) is 4. The van der Waals surface area contributed by atoms with Crippen molar-refractivity contribution in [1.82, 2.24) is 24.3 Å². The van der Waals surface area contributed by atoms with Gasteiger partial charge in [-0.3, -0.25) is 9.69 Å². The summed E-state index contributed by atoms with van der Waals surface area (Å²) in [6, 6.07) is 7.57. The lowest BCUT2D eigenvalue weighted by molar-refractivity contribution is 0.0942. The molecule has 0 aliphatic carbocycles. The molecule has 1 N–H and O–H groups in total. The molecule has 0 bridgehead atoms. The summed E-state index contributed by atoms with van der Waals surface area (Å²) in [6.45, 7) is 3.86. The Kier molecular flexibility index (Phi) is 4.15.